The van der Waals surface area contributed by atoms with Crippen molar-refractivity contribution in [2.45, 2.75) is 19.3 Å². The van der Waals surface area contributed by atoms with E-state index in [1.807, 2.05) is 0 Å². The van der Waals surface area contributed by atoms with E-state index < -0.39 is 10.0 Å². The third kappa shape index (κ3) is 3.90. The minimum atomic E-state index is -3.11. The molecule has 1 aliphatic rings. The lowest BCUT2D eigenvalue weighted by molar-refractivity contribution is 0.233. The van der Waals surface area contributed by atoms with E-state index in [1.54, 1.807) is 0 Å². The highest BCUT2D eigenvalue weighted by Gasteiger charge is 2.30. The van der Waals surface area contributed by atoms with Crippen molar-refractivity contribution in [3.05, 3.63) is 0 Å². The fourth-order valence-electron chi connectivity index (χ4n) is 1.71. The van der Waals surface area contributed by atoms with Crippen LogP contribution in [0, 0.1) is 5.92 Å². The van der Waals surface area contributed by atoms with Crippen molar-refractivity contribution in [1.29, 1.82) is 0 Å². The first kappa shape index (κ1) is 13.2. The summed E-state index contributed by atoms with van der Waals surface area (Å²) in [5.41, 5.74) is 0. The zero-order valence-electron chi connectivity index (χ0n) is 8.73. The van der Waals surface area contributed by atoms with E-state index in [0.29, 0.717) is 25.4 Å². The van der Waals surface area contributed by atoms with Gasteiger partial charge in [-0.1, -0.05) is 0 Å². The zero-order valence-corrected chi connectivity index (χ0v) is 10.3. The van der Waals surface area contributed by atoms with Crippen molar-refractivity contribution < 1.29 is 13.5 Å². The second kappa shape index (κ2) is 6.03. The average molecular weight is 256 g/mol. The molecule has 0 saturated carbocycles. The summed E-state index contributed by atoms with van der Waals surface area (Å²) in [7, 11) is -3.11. The molecule has 1 rings (SSSR count). The second-order valence-corrected chi connectivity index (χ2v) is 6.37. The molecule has 1 N–H and O–H groups in total. The van der Waals surface area contributed by atoms with Gasteiger partial charge >= 0.3 is 0 Å². The molecular formula is C9H18ClNO3S. The molecule has 1 aliphatic heterocycles. The summed E-state index contributed by atoms with van der Waals surface area (Å²) in [6.07, 6.45) is 2.12. The second-order valence-electron chi connectivity index (χ2n) is 3.91. The molecule has 0 bridgehead atoms. The number of rotatable bonds is 6. The highest BCUT2D eigenvalue weighted by Crippen LogP contribution is 2.19. The van der Waals surface area contributed by atoms with Gasteiger partial charge in [-0.3, -0.25) is 0 Å². The van der Waals surface area contributed by atoms with Gasteiger partial charge in [0.25, 0.3) is 0 Å². The molecule has 4 nitrogen and oxygen atoms in total. The van der Waals surface area contributed by atoms with Gasteiger partial charge < -0.3 is 5.11 Å². The van der Waals surface area contributed by atoms with Gasteiger partial charge in [0, 0.05) is 25.6 Å². The molecule has 1 saturated heterocycles. The molecule has 0 aliphatic carbocycles. The molecule has 0 amide bonds. The van der Waals surface area contributed by atoms with Gasteiger partial charge in [-0.2, -0.15) is 0 Å². The van der Waals surface area contributed by atoms with E-state index in [0.717, 1.165) is 12.8 Å². The SMILES string of the molecule is O=S(=O)(CCCCCl)N1CCC(CO)C1. The Hall–Kier alpha value is 0.160. The van der Waals surface area contributed by atoms with Crippen molar-refractivity contribution in [2.75, 3.05) is 31.3 Å². The highest BCUT2D eigenvalue weighted by atomic mass is 35.5. The van der Waals surface area contributed by atoms with Crippen molar-refractivity contribution in [3.8, 4) is 0 Å². The molecule has 90 valence electrons. The standard InChI is InChI=1S/C9H18ClNO3S/c10-4-1-2-6-15(13,14)11-5-3-9(7-11)8-12/h9,12H,1-8H2. The van der Waals surface area contributed by atoms with Crippen LogP contribution < -0.4 is 0 Å². The predicted octanol–water partition coefficient (Wildman–Crippen LogP) is 0.649. The lowest BCUT2D eigenvalue weighted by Gasteiger charge is -2.15. The van der Waals surface area contributed by atoms with Crippen LogP contribution in [0.15, 0.2) is 0 Å². The van der Waals surface area contributed by atoms with Crippen molar-refractivity contribution in [2.24, 2.45) is 5.92 Å². The number of alkyl halides is 1. The number of aliphatic hydroxyl groups is 1. The van der Waals surface area contributed by atoms with E-state index in [4.69, 9.17) is 16.7 Å². The molecular weight excluding hydrogens is 238 g/mol. The topological polar surface area (TPSA) is 57.6 Å². The summed E-state index contributed by atoms with van der Waals surface area (Å²) in [6, 6.07) is 0. The number of hydrogen-bond donors (Lipinski definition) is 1. The lowest BCUT2D eigenvalue weighted by Crippen LogP contribution is -2.31. The molecule has 1 fully saturated rings. The van der Waals surface area contributed by atoms with E-state index >= 15 is 0 Å². The Morgan fingerprint density at radius 3 is 2.67 bits per heavy atom. The Labute approximate surface area is 96.3 Å². The predicted molar refractivity (Wildman–Crippen MR) is 60.5 cm³/mol. The number of hydrogen-bond acceptors (Lipinski definition) is 3. The Morgan fingerprint density at radius 1 is 1.40 bits per heavy atom. The van der Waals surface area contributed by atoms with Gasteiger partial charge in [0.1, 0.15) is 0 Å². The summed E-state index contributed by atoms with van der Waals surface area (Å²) in [6.45, 7) is 1.10. The first-order chi connectivity index (χ1) is 7.10. The molecule has 6 heteroatoms. The van der Waals surface area contributed by atoms with Crippen LogP contribution in [0.3, 0.4) is 0 Å². The normalized spacial score (nSPS) is 23.5. The van der Waals surface area contributed by atoms with Crippen LogP contribution >= 0.6 is 11.6 Å². The molecule has 1 heterocycles. The summed E-state index contributed by atoms with van der Waals surface area (Å²) in [4.78, 5) is 0. The quantitative estimate of drug-likeness (QED) is 0.560. The van der Waals surface area contributed by atoms with Crippen LogP contribution in [-0.4, -0.2) is 49.2 Å². The molecule has 0 aromatic heterocycles. The Bertz CT molecular complexity index is 281. The van der Waals surface area contributed by atoms with Gasteiger partial charge in [0.15, 0.2) is 0 Å². The van der Waals surface area contributed by atoms with Gasteiger partial charge in [-0.15, -0.1) is 11.6 Å². The molecule has 1 atom stereocenters. The Kier molecular flexibility index (Phi) is 5.32. The first-order valence-electron chi connectivity index (χ1n) is 5.25. The van der Waals surface area contributed by atoms with Crippen molar-refractivity contribution >= 4 is 21.6 Å². The fourth-order valence-corrected chi connectivity index (χ4v) is 3.54. The summed E-state index contributed by atoms with van der Waals surface area (Å²) in [5.74, 6) is 0.805. The first-order valence-corrected chi connectivity index (χ1v) is 7.39. The Balaban J connectivity index is 2.41. The van der Waals surface area contributed by atoms with Crippen molar-refractivity contribution in [1.82, 2.24) is 4.31 Å². The molecule has 0 spiro atoms. The monoisotopic (exact) mass is 255 g/mol. The fraction of sp³-hybridized carbons (Fsp3) is 1.00. The number of aliphatic hydroxyl groups excluding tert-OH is 1. The maximum absolute atomic E-state index is 11.8. The van der Waals surface area contributed by atoms with Crippen LogP contribution in [0.5, 0.6) is 0 Å². The van der Waals surface area contributed by atoms with Crippen LogP contribution in [0.1, 0.15) is 19.3 Å². The molecule has 0 aromatic rings. The number of sulfonamides is 1. The van der Waals surface area contributed by atoms with Crippen molar-refractivity contribution in [3.63, 3.8) is 0 Å². The largest absolute Gasteiger partial charge is 0.396 e. The average Bonchev–Trinajstić information content (AvgIpc) is 2.66. The highest BCUT2D eigenvalue weighted by molar-refractivity contribution is 7.89. The van der Waals surface area contributed by atoms with Crippen LogP contribution in [0.2, 0.25) is 0 Å². The minimum absolute atomic E-state index is 0.0771. The maximum Gasteiger partial charge on any atom is 0.214 e. The van der Waals surface area contributed by atoms with Gasteiger partial charge in [-0.25, -0.2) is 12.7 Å². The molecule has 0 aromatic carbocycles. The number of unbranched alkanes of at least 4 members (excludes halogenated alkanes) is 1. The number of nitrogens with zero attached hydrogens (tertiary/aromatic N) is 1. The van der Waals surface area contributed by atoms with Crippen LogP contribution in [0.4, 0.5) is 0 Å². The zero-order chi connectivity index (χ0) is 11.3. The third-order valence-corrected chi connectivity index (χ3v) is 4.88. The van der Waals surface area contributed by atoms with Gasteiger partial charge in [-0.05, 0) is 25.2 Å². The smallest absolute Gasteiger partial charge is 0.214 e. The number of halogens is 1. The van der Waals surface area contributed by atoms with E-state index in [-0.39, 0.29) is 18.3 Å². The van der Waals surface area contributed by atoms with Gasteiger partial charge in [0.05, 0.1) is 5.75 Å². The lowest BCUT2D eigenvalue weighted by atomic mass is 10.1. The summed E-state index contributed by atoms with van der Waals surface area (Å²) in [5, 5.41) is 8.92. The Morgan fingerprint density at radius 2 is 2.13 bits per heavy atom. The maximum atomic E-state index is 11.8. The van der Waals surface area contributed by atoms with Gasteiger partial charge in [0.2, 0.25) is 10.0 Å². The molecule has 0 radical (unpaired) electrons. The van der Waals surface area contributed by atoms with Crippen LogP contribution in [0.25, 0.3) is 0 Å². The molecule has 15 heavy (non-hydrogen) atoms. The minimum Gasteiger partial charge on any atom is -0.396 e. The van der Waals surface area contributed by atoms with Crippen LogP contribution in [-0.2, 0) is 10.0 Å². The van der Waals surface area contributed by atoms with E-state index in [1.165, 1.54) is 4.31 Å². The summed E-state index contributed by atoms with van der Waals surface area (Å²) >= 11 is 5.49. The summed E-state index contributed by atoms with van der Waals surface area (Å²) < 4.78 is 25.0. The van der Waals surface area contributed by atoms with E-state index in [9.17, 15) is 8.42 Å². The third-order valence-electron chi connectivity index (χ3n) is 2.69. The molecule has 1 unspecified atom stereocenters. The van der Waals surface area contributed by atoms with E-state index in [2.05, 4.69) is 0 Å².